The average molecular weight is 414 g/mol. The van der Waals surface area contributed by atoms with Crippen LogP contribution < -0.4 is 0 Å². The summed E-state index contributed by atoms with van der Waals surface area (Å²) in [6.45, 7) is 4.52. The van der Waals surface area contributed by atoms with Gasteiger partial charge < -0.3 is 14.2 Å². The van der Waals surface area contributed by atoms with Crippen LogP contribution in [-0.4, -0.2) is 42.6 Å². The highest BCUT2D eigenvalue weighted by Gasteiger charge is 2.79. The van der Waals surface area contributed by atoms with Gasteiger partial charge in [-0.2, -0.15) is 0 Å². The van der Waals surface area contributed by atoms with Gasteiger partial charge in [0, 0.05) is 24.2 Å². The fourth-order valence-electron chi connectivity index (χ4n) is 8.62. The number of esters is 2. The molecule has 6 aliphatic rings. The molecule has 4 aliphatic carbocycles. The van der Waals surface area contributed by atoms with Crippen LogP contribution in [0.15, 0.2) is 11.6 Å². The lowest BCUT2D eigenvalue weighted by Gasteiger charge is -2.58. The van der Waals surface area contributed by atoms with Crippen LogP contribution >= 0.6 is 0 Å². The smallest absolute Gasteiger partial charge is 0.309 e. The third-order valence-corrected chi connectivity index (χ3v) is 10.1. The zero-order valence-electron chi connectivity index (χ0n) is 17.9. The van der Waals surface area contributed by atoms with Crippen LogP contribution in [0.5, 0.6) is 0 Å². The predicted octanol–water partition coefficient (Wildman–Crippen LogP) is 2.98. The van der Waals surface area contributed by atoms with Gasteiger partial charge in [0.15, 0.2) is 5.78 Å². The van der Waals surface area contributed by atoms with E-state index >= 15 is 0 Å². The number of carbonyl (C=O) groups excluding carboxylic acids is 3. The summed E-state index contributed by atoms with van der Waals surface area (Å²) in [5.74, 6) is 0.176. The summed E-state index contributed by atoms with van der Waals surface area (Å²) in [6.07, 6.45) is 6.91. The van der Waals surface area contributed by atoms with Crippen molar-refractivity contribution in [3.63, 3.8) is 0 Å². The molecule has 162 valence electrons. The largest absolute Gasteiger partial charge is 0.469 e. The maximum Gasteiger partial charge on any atom is 0.309 e. The van der Waals surface area contributed by atoms with Crippen LogP contribution in [0.25, 0.3) is 0 Å². The number of epoxide rings is 1. The number of allylic oxidation sites excluding steroid dienone is 1. The number of hydrogen-bond acceptors (Lipinski definition) is 6. The number of methoxy groups -OCH3 is 1. The summed E-state index contributed by atoms with van der Waals surface area (Å²) in [5, 5.41) is 0. The van der Waals surface area contributed by atoms with Gasteiger partial charge >= 0.3 is 11.9 Å². The van der Waals surface area contributed by atoms with Crippen molar-refractivity contribution >= 4 is 17.7 Å². The second-order valence-corrected chi connectivity index (χ2v) is 10.9. The van der Waals surface area contributed by atoms with Crippen LogP contribution in [0.4, 0.5) is 0 Å². The lowest BCUT2D eigenvalue weighted by atomic mass is 9.44. The van der Waals surface area contributed by atoms with Gasteiger partial charge in [-0.1, -0.05) is 19.4 Å². The van der Waals surface area contributed by atoms with E-state index in [2.05, 4.69) is 13.8 Å². The Hall–Kier alpha value is -1.69. The molecule has 0 radical (unpaired) electrons. The highest BCUT2D eigenvalue weighted by molar-refractivity contribution is 5.92. The highest BCUT2D eigenvalue weighted by Crippen LogP contribution is 2.75. The monoisotopic (exact) mass is 414 g/mol. The molecular weight excluding hydrogens is 384 g/mol. The van der Waals surface area contributed by atoms with E-state index in [0.29, 0.717) is 19.3 Å². The van der Waals surface area contributed by atoms with Crippen molar-refractivity contribution in [3.05, 3.63) is 11.6 Å². The van der Waals surface area contributed by atoms with Gasteiger partial charge in [-0.15, -0.1) is 0 Å². The number of ether oxygens (including phenoxy) is 3. The zero-order chi connectivity index (χ0) is 21.1. The summed E-state index contributed by atoms with van der Waals surface area (Å²) in [6, 6.07) is 0. The first kappa shape index (κ1) is 19.0. The first-order chi connectivity index (χ1) is 14.2. The Morgan fingerprint density at radius 1 is 1.17 bits per heavy atom. The molecule has 5 fully saturated rings. The van der Waals surface area contributed by atoms with Crippen molar-refractivity contribution in [2.75, 3.05) is 7.11 Å². The first-order valence-electron chi connectivity index (χ1n) is 11.4. The van der Waals surface area contributed by atoms with Crippen LogP contribution in [0, 0.1) is 34.5 Å². The Morgan fingerprint density at radius 2 is 1.97 bits per heavy atom. The second-order valence-electron chi connectivity index (χ2n) is 10.9. The number of ketones is 1. The normalized spacial score (nSPS) is 53.2. The SMILES string of the molecule is COC(=O)[C@H]1CC2=CC(=O)CC[C@]2(C)C2C1C1CCC3(CCC(=O)O3)[C@@]1(C)[C@@H]1O[C@H]21. The van der Waals surface area contributed by atoms with E-state index in [-0.39, 0.29) is 64.4 Å². The van der Waals surface area contributed by atoms with E-state index in [1.807, 2.05) is 0 Å². The van der Waals surface area contributed by atoms with Gasteiger partial charge in [-0.25, -0.2) is 0 Å². The van der Waals surface area contributed by atoms with Crippen molar-refractivity contribution in [1.82, 2.24) is 0 Å². The molecule has 0 bridgehead atoms. The van der Waals surface area contributed by atoms with E-state index in [4.69, 9.17) is 14.2 Å². The van der Waals surface area contributed by atoms with Gasteiger partial charge in [0.2, 0.25) is 0 Å². The molecule has 2 saturated heterocycles. The molecule has 6 heteroatoms. The fraction of sp³-hybridized carbons (Fsp3) is 0.792. The molecule has 4 unspecified atom stereocenters. The molecule has 9 atom stereocenters. The van der Waals surface area contributed by atoms with Crippen LogP contribution in [0.1, 0.15) is 58.8 Å². The van der Waals surface area contributed by atoms with Crippen LogP contribution in [0.2, 0.25) is 0 Å². The van der Waals surface area contributed by atoms with Crippen LogP contribution in [-0.2, 0) is 28.6 Å². The lowest BCUT2D eigenvalue weighted by molar-refractivity contribution is -0.172. The molecule has 2 heterocycles. The Morgan fingerprint density at radius 3 is 2.67 bits per heavy atom. The molecule has 1 spiro atoms. The predicted molar refractivity (Wildman–Crippen MR) is 105 cm³/mol. The number of fused-ring (bicyclic) bond motifs is 9. The molecule has 0 aromatic rings. The van der Waals surface area contributed by atoms with Crippen molar-refractivity contribution in [3.8, 4) is 0 Å². The summed E-state index contributed by atoms with van der Waals surface area (Å²) < 4.78 is 17.7. The van der Waals surface area contributed by atoms with Crippen molar-refractivity contribution in [2.24, 2.45) is 34.5 Å². The molecule has 0 aromatic heterocycles. The Kier molecular flexibility index (Phi) is 3.65. The molecule has 0 aromatic carbocycles. The molecule has 0 N–H and O–H groups in total. The van der Waals surface area contributed by atoms with E-state index in [1.54, 1.807) is 6.08 Å². The van der Waals surface area contributed by atoms with Crippen LogP contribution in [0.3, 0.4) is 0 Å². The second kappa shape index (κ2) is 5.76. The van der Waals surface area contributed by atoms with Gasteiger partial charge in [0.1, 0.15) is 5.60 Å². The van der Waals surface area contributed by atoms with E-state index in [9.17, 15) is 14.4 Å². The Bertz CT molecular complexity index is 892. The molecule has 30 heavy (non-hydrogen) atoms. The van der Waals surface area contributed by atoms with Crippen molar-refractivity contribution in [2.45, 2.75) is 76.6 Å². The molecule has 6 nitrogen and oxygen atoms in total. The third-order valence-electron chi connectivity index (χ3n) is 10.1. The summed E-state index contributed by atoms with van der Waals surface area (Å²) >= 11 is 0. The topological polar surface area (TPSA) is 82.2 Å². The molecule has 2 aliphatic heterocycles. The van der Waals surface area contributed by atoms with E-state index in [1.165, 1.54) is 7.11 Å². The highest BCUT2D eigenvalue weighted by atomic mass is 16.6. The molecular formula is C24H30O6. The Labute approximate surface area is 176 Å². The van der Waals surface area contributed by atoms with Crippen molar-refractivity contribution < 1.29 is 28.6 Å². The maximum absolute atomic E-state index is 13.0. The fourth-order valence-corrected chi connectivity index (χ4v) is 8.62. The summed E-state index contributed by atoms with van der Waals surface area (Å²) in [7, 11) is 1.46. The van der Waals surface area contributed by atoms with Gasteiger partial charge in [-0.3, -0.25) is 14.4 Å². The lowest BCUT2D eigenvalue weighted by Crippen LogP contribution is -2.61. The standard InChI is InChI=1S/C24H30O6/c1-22-7-4-13(25)10-12(22)11-14(21(27)28-3)17-15-5-8-24(9-6-16(26)30-24)23(15,2)20-19(29-20)18(17)22/h10,14-15,17-20H,4-9,11H2,1-3H3/t14-,15?,17?,18?,19+,20+,22-,23+,24?/m0/s1. The molecule has 0 amide bonds. The molecule has 6 rings (SSSR count). The number of hydrogen-bond donors (Lipinski definition) is 0. The Balaban J connectivity index is 1.48. The van der Waals surface area contributed by atoms with Gasteiger partial charge in [0.25, 0.3) is 0 Å². The summed E-state index contributed by atoms with van der Waals surface area (Å²) in [5.41, 5.74) is 0.262. The minimum atomic E-state index is -0.459. The van der Waals surface area contributed by atoms with Gasteiger partial charge in [0.05, 0.1) is 25.2 Å². The van der Waals surface area contributed by atoms with E-state index in [0.717, 1.165) is 31.3 Å². The summed E-state index contributed by atoms with van der Waals surface area (Å²) in [4.78, 5) is 37.4. The average Bonchev–Trinajstić information content (AvgIpc) is 3.35. The minimum absolute atomic E-state index is 0.0552. The third kappa shape index (κ3) is 2.07. The quantitative estimate of drug-likeness (QED) is 0.485. The number of carbonyl (C=O) groups is 3. The maximum atomic E-state index is 13.0. The first-order valence-corrected chi connectivity index (χ1v) is 11.4. The van der Waals surface area contributed by atoms with Crippen molar-refractivity contribution in [1.29, 1.82) is 0 Å². The molecule has 3 saturated carbocycles. The van der Waals surface area contributed by atoms with Gasteiger partial charge in [-0.05, 0) is 55.4 Å². The zero-order valence-corrected chi connectivity index (χ0v) is 17.9. The van der Waals surface area contributed by atoms with E-state index < -0.39 is 5.60 Å². The minimum Gasteiger partial charge on any atom is -0.469 e. The number of rotatable bonds is 1.